The Labute approximate surface area is 155 Å². The zero-order valence-electron chi connectivity index (χ0n) is 13.8. The van der Waals surface area contributed by atoms with E-state index in [9.17, 15) is 9.59 Å². The predicted molar refractivity (Wildman–Crippen MR) is 99.6 cm³/mol. The number of benzene rings is 2. The van der Waals surface area contributed by atoms with Gasteiger partial charge >= 0.3 is 5.97 Å². The molecular formula is C19H17N3O3S. The van der Waals surface area contributed by atoms with Crippen molar-refractivity contribution in [3.63, 3.8) is 0 Å². The molecule has 2 aromatic carbocycles. The lowest BCUT2D eigenvalue weighted by Crippen LogP contribution is -2.18. The minimum absolute atomic E-state index is 0.104. The molecule has 132 valence electrons. The SMILES string of the molecule is N#C/C(=C/NCCC(=O)O)C(=O)Nc1ccccc1Sc1ccccc1. The summed E-state index contributed by atoms with van der Waals surface area (Å²) in [6.45, 7) is 0.133. The van der Waals surface area contributed by atoms with E-state index >= 15 is 0 Å². The van der Waals surface area contributed by atoms with E-state index in [1.54, 1.807) is 12.1 Å². The third-order valence-corrected chi connectivity index (χ3v) is 4.28. The maximum absolute atomic E-state index is 12.3. The molecule has 3 N–H and O–H groups in total. The maximum atomic E-state index is 12.3. The van der Waals surface area contributed by atoms with Gasteiger partial charge < -0.3 is 15.7 Å². The molecule has 26 heavy (non-hydrogen) atoms. The molecule has 1 amide bonds. The van der Waals surface area contributed by atoms with Gasteiger partial charge in [-0.3, -0.25) is 9.59 Å². The van der Waals surface area contributed by atoms with E-state index in [1.165, 1.54) is 18.0 Å². The van der Waals surface area contributed by atoms with Crippen LogP contribution in [0.15, 0.2) is 76.2 Å². The quantitative estimate of drug-likeness (QED) is 0.376. The van der Waals surface area contributed by atoms with Crippen LogP contribution in [0.5, 0.6) is 0 Å². The molecule has 0 radical (unpaired) electrons. The average Bonchev–Trinajstić information content (AvgIpc) is 2.64. The number of nitrogens with zero attached hydrogens (tertiary/aromatic N) is 1. The Morgan fingerprint density at radius 2 is 1.81 bits per heavy atom. The Morgan fingerprint density at radius 3 is 2.50 bits per heavy atom. The Kier molecular flexibility index (Phi) is 7.28. The van der Waals surface area contributed by atoms with E-state index in [4.69, 9.17) is 10.4 Å². The molecule has 0 unspecified atom stereocenters. The zero-order valence-corrected chi connectivity index (χ0v) is 14.6. The molecule has 0 spiro atoms. The van der Waals surface area contributed by atoms with Crippen molar-refractivity contribution in [2.24, 2.45) is 0 Å². The van der Waals surface area contributed by atoms with Gasteiger partial charge in [-0.2, -0.15) is 5.26 Å². The topological polar surface area (TPSA) is 102 Å². The number of nitriles is 1. The number of rotatable bonds is 8. The molecular weight excluding hydrogens is 350 g/mol. The summed E-state index contributed by atoms with van der Waals surface area (Å²) in [5, 5.41) is 23.1. The second-order valence-corrected chi connectivity index (χ2v) is 6.25. The fourth-order valence-corrected chi connectivity index (χ4v) is 2.89. The number of aliphatic carboxylic acids is 1. The number of para-hydroxylation sites is 1. The van der Waals surface area contributed by atoms with Crippen LogP contribution in [0.25, 0.3) is 0 Å². The van der Waals surface area contributed by atoms with Crippen LogP contribution in [0.2, 0.25) is 0 Å². The van der Waals surface area contributed by atoms with Crippen molar-refractivity contribution < 1.29 is 14.7 Å². The third-order valence-electron chi connectivity index (χ3n) is 3.20. The minimum atomic E-state index is -0.958. The lowest BCUT2D eigenvalue weighted by Gasteiger charge is -2.10. The first-order valence-electron chi connectivity index (χ1n) is 7.79. The number of nitrogens with one attached hydrogen (secondary N) is 2. The number of carbonyl (C=O) groups excluding carboxylic acids is 1. The van der Waals surface area contributed by atoms with Gasteiger partial charge in [0.2, 0.25) is 0 Å². The highest BCUT2D eigenvalue weighted by atomic mass is 32.2. The Bertz CT molecular complexity index is 845. The van der Waals surface area contributed by atoms with Crippen LogP contribution in [-0.4, -0.2) is 23.5 Å². The van der Waals surface area contributed by atoms with E-state index in [0.29, 0.717) is 5.69 Å². The molecule has 2 aromatic rings. The highest BCUT2D eigenvalue weighted by Gasteiger charge is 2.12. The van der Waals surface area contributed by atoms with E-state index < -0.39 is 11.9 Å². The normalized spacial score (nSPS) is 10.7. The van der Waals surface area contributed by atoms with Crippen molar-refractivity contribution in [1.29, 1.82) is 5.26 Å². The summed E-state index contributed by atoms with van der Waals surface area (Å²) in [4.78, 5) is 24.7. The second kappa shape index (κ2) is 9.91. The maximum Gasteiger partial charge on any atom is 0.305 e. The van der Waals surface area contributed by atoms with Crippen molar-refractivity contribution in [3.05, 3.63) is 66.4 Å². The number of carboxylic acid groups (broad SMARTS) is 1. The Hall–Kier alpha value is -3.24. The predicted octanol–water partition coefficient (Wildman–Crippen LogP) is 3.25. The van der Waals surface area contributed by atoms with Gasteiger partial charge in [-0.1, -0.05) is 42.1 Å². The van der Waals surface area contributed by atoms with Gasteiger partial charge in [0.05, 0.1) is 12.1 Å². The van der Waals surface area contributed by atoms with Crippen molar-refractivity contribution >= 4 is 29.3 Å². The standard InChI is InChI=1S/C19H17N3O3S/c20-12-14(13-21-11-10-18(23)24)19(25)22-16-8-4-5-9-17(16)26-15-6-2-1-3-7-15/h1-9,13,21H,10-11H2,(H,22,25)(H,23,24)/b14-13-. The molecule has 0 atom stereocenters. The van der Waals surface area contributed by atoms with Gasteiger partial charge in [0.15, 0.2) is 0 Å². The molecule has 0 aliphatic heterocycles. The van der Waals surface area contributed by atoms with Crippen molar-refractivity contribution in [2.75, 3.05) is 11.9 Å². The lowest BCUT2D eigenvalue weighted by molar-refractivity contribution is -0.136. The molecule has 0 aliphatic rings. The zero-order chi connectivity index (χ0) is 18.8. The van der Waals surface area contributed by atoms with Gasteiger partial charge in [-0.15, -0.1) is 0 Å². The largest absolute Gasteiger partial charge is 0.481 e. The van der Waals surface area contributed by atoms with Crippen LogP contribution in [0, 0.1) is 11.3 Å². The molecule has 0 bridgehead atoms. The molecule has 6 nitrogen and oxygen atoms in total. The summed E-state index contributed by atoms with van der Waals surface area (Å²) in [7, 11) is 0. The van der Waals surface area contributed by atoms with Crippen LogP contribution in [0.1, 0.15) is 6.42 Å². The van der Waals surface area contributed by atoms with Crippen molar-refractivity contribution in [3.8, 4) is 6.07 Å². The van der Waals surface area contributed by atoms with Crippen LogP contribution < -0.4 is 10.6 Å². The van der Waals surface area contributed by atoms with E-state index in [2.05, 4.69) is 10.6 Å². The van der Waals surface area contributed by atoms with Crippen LogP contribution in [0.4, 0.5) is 5.69 Å². The molecule has 0 fully saturated rings. The van der Waals surface area contributed by atoms with Crippen LogP contribution in [-0.2, 0) is 9.59 Å². The summed E-state index contributed by atoms with van der Waals surface area (Å²) in [6, 6.07) is 18.9. The average molecular weight is 367 g/mol. The number of hydrogen-bond acceptors (Lipinski definition) is 5. The highest BCUT2D eigenvalue weighted by Crippen LogP contribution is 2.33. The first-order valence-corrected chi connectivity index (χ1v) is 8.60. The van der Waals surface area contributed by atoms with E-state index in [0.717, 1.165) is 9.79 Å². The van der Waals surface area contributed by atoms with Crippen molar-refractivity contribution in [2.45, 2.75) is 16.2 Å². The molecule has 0 heterocycles. The molecule has 0 saturated heterocycles. The fraction of sp³-hybridized carbons (Fsp3) is 0.105. The Morgan fingerprint density at radius 1 is 1.12 bits per heavy atom. The number of hydrogen-bond donors (Lipinski definition) is 3. The summed E-state index contributed by atoms with van der Waals surface area (Å²) in [5.74, 6) is -1.52. The van der Waals surface area contributed by atoms with Gasteiger partial charge in [0, 0.05) is 22.5 Å². The second-order valence-electron chi connectivity index (χ2n) is 5.13. The first-order chi connectivity index (χ1) is 12.6. The number of carbonyl (C=O) groups is 2. The number of anilines is 1. The molecule has 0 aromatic heterocycles. The van der Waals surface area contributed by atoms with Gasteiger partial charge in [-0.05, 0) is 24.3 Å². The summed E-state index contributed by atoms with van der Waals surface area (Å²) < 4.78 is 0. The Balaban J connectivity index is 2.07. The van der Waals surface area contributed by atoms with E-state index in [-0.39, 0.29) is 18.5 Å². The first kappa shape index (κ1) is 19.1. The van der Waals surface area contributed by atoms with Gasteiger partial charge in [-0.25, -0.2) is 0 Å². The minimum Gasteiger partial charge on any atom is -0.481 e. The third kappa shape index (κ3) is 6.00. The smallest absolute Gasteiger partial charge is 0.305 e. The number of amides is 1. The van der Waals surface area contributed by atoms with Crippen molar-refractivity contribution in [1.82, 2.24) is 5.32 Å². The van der Waals surface area contributed by atoms with Gasteiger partial charge in [0.25, 0.3) is 5.91 Å². The van der Waals surface area contributed by atoms with E-state index in [1.807, 2.05) is 48.5 Å². The summed E-state index contributed by atoms with van der Waals surface area (Å²) >= 11 is 1.50. The summed E-state index contributed by atoms with van der Waals surface area (Å²) in [6.07, 6.45) is 1.12. The highest BCUT2D eigenvalue weighted by molar-refractivity contribution is 7.99. The monoisotopic (exact) mass is 367 g/mol. The van der Waals surface area contributed by atoms with Crippen LogP contribution >= 0.6 is 11.8 Å². The number of carboxylic acids is 1. The fourth-order valence-electron chi connectivity index (χ4n) is 1.97. The molecule has 7 heteroatoms. The lowest BCUT2D eigenvalue weighted by atomic mass is 10.2. The van der Waals surface area contributed by atoms with Crippen LogP contribution in [0.3, 0.4) is 0 Å². The van der Waals surface area contributed by atoms with Gasteiger partial charge in [0.1, 0.15) is 11.6 Å². The molecule has 0 aliphatic carbocycles. The molecule has 2 rings (SSSR count). The molecule has 0 saturated carbocycles. The summed E-state index contributed by atoms with van der Waals surface area (Å²) in [5.41, 5.74) is 0.466.